The van der Waals surface area contributed by atoms with Gasteiger partial charge >= 0.3 is 23.9 Å². The number of esters is 4. The van der Waals surface area contributed by atoms with E-state index in [0.717, 1.165) is 0 Å². The van der Waals surface area contributed by atoms with E-state index in [2.05, 4.69) is 30.1 Å². The van der Waals surface area contributed by atoms with E-state index in [9.17, 15) is 19.2 Å². The van der Waals surface area contributed by atoms with Crippen LogP contribution in [-0.2, 0) is 32.0 Å². The third kappa shape index (κ3) is 3.36. The lowest BCUT2D eigenvalue weighted by atomic mass is 10.0. The fraction of sp³-hybridized carbons (Fsp3) is 0.556. The minimum absolute atomic E-state index is 0.0610. The highest BCUT2D eigenvalue weighted by atomic mass is 16.5. The van der Waals surface area contributed by atoms with Gasteiger partial charge in [0, 0.05) is 13.1 Å². The molecule has 14 heteroatoms. The zero-order chi connectivity index (χ0) is 23.2. The lowest BCUT2D eigenvalue weighted by Crippen LogP contribution is -2.22. The number of fused-ring (bicyclic) bond motifs is 1. The normalized spacial score (nSPS) is 22.5. The molecular weight excluding hydrogens is 428 g/mol. The van der Waals surface area contributed by atoms with Crippen LogP contribution < -0.4 is 0 Å². The third-order valence-electron chi connectivity index (χ3n) is 5.89. The van der Waals surface area contributed by atoms with E-state index in [-0.39, 0.29) is 34.6 Å². The van der Waals surface area contributed by atoms with Crippen molar-refractivity contribution in [3.63, 3.8) is 0 Å². The van der Waals surface area contributed by atoms with Crippen LogP contribution >= 0.6 is 0 Å². The second-order valence-electron chi connectivity index (χ2n) is 7.39. The Kier molecular flexibility index (Phi) is 5.36. The summed E-state index contributed by atoms with van der Waals surface area (Å²) in [5, 5.41) is 15.3. The Morgan fingerprint density at radius 3 is 1.31 bits per heavy atom. The zero-order valence-corrected chi connectivity index (χ0v) is 17.7. The molecule has 2 saturated carbocycles. The molecule has 4 rings (SSSR count). The first-order chi connectivity index (χ1) is 15.4. The van der Waals surface area contributed by atoms with E-state index >= 15 is 0 Å². The molecule has 2 aliphatic rings. The topological polar surface area (TPSA) is 167 Å². The molecule has 170 valence electrons. The van der Waals surface area contributed by atoms with Gasteiger partial charge in [-0.25, -0.2) is 28.5 Å². The van der Waals surface area contributed by atoms with Crippen LogP contribution in [0.25, 0.3) is 0 Å². The van der Waals surface area contributed by atoms with Crippen molar-refractivity contribution in [3.8, 4) is 0 Å². The molecular formula is C18H20N6O8. The number of ether oxygens (including phenoxy) is 4. The quantitative estimate of drug-likeness (QED) is 0.365. The van der Waals surface area contributed by atoms with Gasteiger partial charge in [-0.05, 0) is 23.7 Å². The van der Waals surface area contributed by atoms with Crippen molar-refractivity contribution in [1.29, 1.82) is 0 Å². The first-order valence-corrected chi connectivity index (χ1v) is 9.58. The van der Waals surface area contributed by atoms with Crippen molar-refractivity contribution in [2.45, 2.75) is 13.1 Å². The number of methoxy groups -OCH3 is 4. The molecule has 0 unspecified atom stereocenters. The average molecular weight is 448 g/mol. The van der Waals surface area contributed by atoms with Crippen LogP contribution in [0.3, 0.4) is 0 Å². The Morgan fingerprint density at radius 1 is 0.656 bits per heavy atom. The Hall–Kier alpha value is -3.84. The van der Waals surface area contributed by atoms with Crippen LogP contribution in [0.2, 0.25) is 0 Å². The summed E-state index contributed by atoms with van der Waals surface area (Å²) >= 11 is 0. The highest BCUT2D eigenvalue weighted by Gasteiger charge is 2.73. The SMILES string of the molecule is COC(=O)c1nnn(CC2C3C(Cn4nnc(C(=O)OC)c4C(=O)OC)C23)c1C(=O)OC. The maximum absolute atomic E-state index is 12.1. The maximum Gasteiger partial charge on any atom is 0.361 e. The largest absolute Gasteiger partial charge is 0.464 e. The second-order valence-corrected chi connectivity index (χ2v) is 7.39. The predicted octanol–water partition coefficient (Wildman–Crippen LogP) is -0.792. The molecule has 0 atom stereocenters. The van der Waals surface area contributed by atoms with Crippen LogP contribution in [0.15, 0.2) is 0 Å². The Labute approximate surface area is 180 Å². The van der Waals surface area contributed by atoms with Crippen molar-refractivity contribution < 1.29 is 38.1 Å². The van der Waals surface area contributed by atoms with E-state index in [0.29, 0.717) is 24.9 Å². The second kappa shape index (κ2) is 8.01. The summed E-state index contributed by atoms with van der Waals surface area (Å²) in [6.45, 7) is 0.740. The summed E-state index contributed by atoms with van der Waals surface area (Å²) in [5.74, 6) is -1.99. The fourth-order valence-electron chi connectivity index (χ4n) is 4.18. The molecule has 2 aromatic rings. The van der Waals surface area contributed by atoms with Crippen LogP contribution in [0.4, 0.5) is 0 Å². The standard InChI is InChI=1S/C18H20N6O8/c1-29-15(25)11-13(17(27)31-3)23(21-19-11)5-7-9-8(10(7)9)6-24-14(18(28)32-4)12(20-22-24)16(26)30-2/h7-10H,5-6H2,1-4H3. The van der Waals surface area contributed by atoms with E-state index in [4.69, 9.17) is 9.47 Å². The summed E-state index contributed by atoms with van der Waals surface area (Å²) in [5.41, 5.74) is -0.528. The highest BCUT2D eigenvalue weighted by molar-refractivity contribution is 6.01. The van der Waals surface area contributed by atoms with Crippen molar-refractivity contribution in [2.75, 3.05) is 28.4 Å². The monoisotopic (exact) mass is 448 g/mol. The number of carbonyl (C=O) groups is 4. The Morgan fingerprint density at radius 2 is 1.00 bits per heavy atom. The molecule has 0 bridgehead atoms. The molecule has 0 saturated heterocycles. The van der Waals surface area contributed by atoms with Gasteiger partial charge in [0.25, 0.3) is 0 Å². The molecule has 0 aliphatic heterocycles. The molecule has 2 aliphatic carbocycles. The van der Waals surface area contributed by atoms with Crippen LogP contribution in [0, 0.1) is 23.7 Å². The summed E-state index contributed by atoms with van der Waals surface area (Å²) in [6, 6.07) is 0. The molecule has 14 nitrogen and oxygen atoms in total. The van der Waals surface area contributed by atoms with Crippen molar-refractivity contribution >= 4 is 23.9 Å². The van der Waals surface area contributed by atoms with Crippen molar-refractivity contribution in [1.82, 2.24) is 30.0 Å². The molecule has 2 heterocycles. The first-order valence-electron chi connectivity index (χ1n) is 9.58. The summed E-state index contributed by atoms with van der Waals surface area (Å²) < 4.78 is 21.4. The van der Waals surface area contributed by atoms with Gasteiger partial charge in [0.15, 0.2) is 11.4 Å². The van der Waals surface area contributed by atoms with Gasteiger partial charge in [-0.1, -0.05) is 10.4 Å². The van der Waals surface area contributed by atoms with Crippen LogP contribution in [0.5, 0.6) is 0 Å². The maximum atomic E-state index is 12.1. The van der Waals surface area contributed by atoms with Gasteiger partial charge in [0.2, 0.25) is 11.4 Å². The number of aromatic nitrogens is 6. The molecule has 2 fully saturated rings. The van der Waals surface area contributed by atoms with Gasteiger partial charge in [0.05, 0.1) is 28.4 Å². The van der Waals surface area contributed by atoms with E-state index in [1.165, 1.54) is 37.8 Å². The molecule has 0 aromatic carbocycles. The zero-order valence-electron chi connectivity index (χ0n) is 17.7. The van der Waals surface area contributed by atoms with E-state index in [1.54, 1.807) is 0 Å². The van der Waals surface area contributed by atoms with Crippen LogP contribution in [-0.4, -0.2) is 82.3 Å². The molecule has 0 amide bonds. The molecule has 32 heavy (non-hydrogen) atoms. The molecule has 0 radical (unpaired) electrons. The van der Waals surface area contributed by atoms with Crippen LogP contribution in [0.1, 0.15) is 42.0 Å². The summed E-state index contributed by atoms with van der Waals surface area (Å²) in [7, 11) is 4.76. The summed E-state index contributed by atoms with van der Waals surface area (Å²) in [6.07, 6.45) is 0. The lowest BCUT2D eigenvalue weighted by Gasteiger charge is -2.13. The molecule has 2 aromatic heterocycles. The first kappa shape index (κ1) is 21.4. The third-order valence-corrected chi connectivity index (χ3v) is 5.89. The number of rotatable bonds is 8. The minimum atomic E-state index is -0.779. The van der Waals surface area contributed by atoms with Gasteiger partial charge in [-0.2, -0.15) is 0 Å². The minimum Gasteiger partial charge on any atom is -0.464 e. The van der Waals surface area contributed by atoms with E-state index in [1.807, 2.05) is 0 Å². The fourth-order valence-corrected chi connectivity index (χ4v) is 4.18. The van der Waals surface area contributed by atoms with Gasteiger partial charge in [0.1, 0.15) is 0 Å². The number of hydrogen-bond acceptors (Lipinski definition) is 12. The van der Waals surface area contributed by atoms with E-state index < -0.39 is 23.9 Å². The van der Waals surface area contributed by atoms with Crippen molar-refractivity contribution in [3.05, 3.63) is 22.8 Å². The smallest absolute Gasteiger partial charge is 0.361 e. The number of nitrogens with zero attached hydrogens (tertiary/aromatic N) is 6. The highest BCUT2D eigenvalue weighted by Crippen LogP contribution is 2.74. The van der Waals surface area contributed by atoms with Gasteiger partial charge in [-0.15, -0.1) is 10.2 Å². The lowest BCUT2D eigenvalue weighted by molar-refractivity contribution is 0.0541. The average Bonchev–Trinajstić information content (AvgIpc) is 3.57. The Balaban J connectivity index is 1.44. The number of hydrogen-bond donors (Lipinski definition) is 0. The predicted molar refractivity (Wildman–Crippen MR) is 99.4 cm³/mol. The van der Waals surface area contributed by atoms with Gasteiger partial charge in [-0.3, -0.25) is 0 Å². The summed E-state index contributed by atoms with van der Waals surface area (Å²) in [4.78, 5) is 47.9. The molecule has 0 N–H and O–H groups in total. The molecule has 0 spiro atoms. The van der Waals surface area contributed by atoms with Crippen molar-refractivity contribution in [2.24, 2.45) is 23.7 Å². The number of carbonyl (C=O) groups excluding carboxylic acids is 4. The van der Waals surface area contributed by atoms with Gasteiger partial charge < -0.3 is 18.9 Å². The Bertz CT molecular complexity index is 1010.